The molecule has 2 unspecified atom stereocenters. The van der Waals surface area contributed by atoms with Crippen LogP contribution in [0.5, 0.6) is 0 Å². The van der Waals surface area contributed by atoms with Crippen molar-refractivity contribution in [2.45, 2.75) is 32.9 Å². The molecule has 1 heterocycles. The maximum Gasteiger partial charge on any atom is 0.273 e. The fraction of sp³-hybridized carbons (Fsp3) is 0.500. The Morgan fingerprint density at radius 3 is 2.71 bits per heavy atom. The smallest absolute Gasteiger partial charge is 0.273 e. The van der Waals surface area contributed by atoms with Crippen molar-refractivity contribution in [3.8, 4) is 0 Å². The number of carbonyl (C=O) groups is 1. The lowest BCUT2D eigenvalue weighted by Gasteiger charge is -2.37. The van der Waals surface area contributed by atoms with Gasteiger partial charge in [-0.1, -0.05) is 6.07 Å². The Labute approximate surface area is 130 Å². The number of hydrogen-bond donors (Lipinski definition) is 1. The second-order valence-electron chi connectivity index (χ2n) is 5.37. The third kappa shape index (κ3) is 3.71. The number of amides is 1. The molecular weight excluding hydrogens is 294 g/mol. The van der Waals surface area contributed by atoms with Crippen LogP contribution in [0.25, 0.3) is 0 Å². The first-order valence-corrected chi connectivity index (χ1v) is 6.69. The van der Waals surface area contributed by atoms with Crippen LogP contribution in [0.4, 0.5) is 5.69 Å². The van der Waals surface area contributed by atoms with E-state index in [2.05, 4.69) is 5.32 Å². The average Bonchev–Trinajstić information content (AvgIpc) is 2.41. The van der Waals surface area contributed by atoms with Crippen molar-refractivity contribution in [3.05, 3.63) is 39.4 Å². The molecule has 6 nitrogen and oxygen atoms in total. The molecule has 1 amide bonds. The van der Waals surface area contributed by atoms with Gasteiger partial charge in [0, 0.05) is 42.4 Å². The molecule has 21 heavy (non-hydrogen) atoms. The molecule has 1 saturated heterocycles. The maximum absolute atomic E-state index is 12.5. The normalized spacial score (nSPS) is 21.6. The zero-order chi connectivity index (χ0) is 14.9. The number of nitrogens with one attached hydrogen (secondary N) is 1. The van der Waals surface area contributed by atoms with Crippen molar-refractivity contribution >= 4 is 24.0 Å². The largest absolute Gasteiger partial charge is 0.333 e. The number of nitrogens with zero attached hydrogens (tertiary/aromatic N) is 2. The van der Waals surface area contributed by atoms with Crippen LogP contribution in [0.15, 0.2) is 18.2 Å². The van der Waals surface area contributed by atoms with Gasteiger partial charge in [0.25, 0.3) is 11.6 Å². The minimum atomic E-state index is -0.448. The van der Waals surface area contributed by atoms with E-state index in [0.717, 1.165) is 6.54 Å². The van der Waals surface area contributed by atoms with Crippen molar-refractivity contribution < 1.29 is 9.72 Å². The van der Waals surface area contributed by atoms with E-state index in [9.17, 15) is 14.9 Å². The predicted molar refractivity (Wildman–Crippen MR) is 83.0 cm³/mol. The van der Waals surface area contributed by atoms with Gasteiger partial charge in [0.15, 0.2) is 0 Å². The Kier molecular flexibility index (Phi) is 5.69. The molecule has 1 aliphatic heterocycles. The summed E-state index contributed by atoms with van der Waals surface area (Å²) in [5.74, 6) is -0.144. The highest BCUT2D eigenvalue weighted by atomic mass is 35.5. The quantitative estimate of drug-likeness (QED) is 0.670. The molecular formula is C14H20ClN3O3. The van der Waals surface area contributed by atoms with E-state index in [4.69, 9.17) is 0 Å². The molecule has 1 aliphatic rings. The highest BCUT2D eigenvalue weighted by molar-refractivity contribution is 5.95. The van der Waals surface area contributed by atoms with Gasteiger partial charge in [-0.2, -0.15) is 0 Å². The molecule has 0 aliphatic carbocycles. The van der Waals surface area contributed by atoms with Crippen molar-refractivity contribution in [3.63, 3.8) is 0 Å². The van der Waals surface area contributed by atoms with Crippen molar-refractivity contribution in [2.24, 2.45) is 0 Å². The van der Waals surface area contributed by atoms with Crippen LogP contribution in [0.2, 0.25) is 0 Å². The Balaban J connectivity index is 0.00000220. The number of halogens is 1. The lowest BCUT2D eigenvalue weighted by molar-refractivity contribution is -0.385. The second kappa shape index (κ2) is 6.87. The van der Waals surface area contributed by atoms with E-state index in [0.29, 0.717) is 17.7 Å². The molecule has 1 fully saturated rings. The van der Waals surface area contributed by atoms with Crippen LogP contribution in [0.1, 0.15) is 29.8 Å². The van der Waals surface area contributed by atoms with Crippen LogP contribution in [-0.4, -0.2) is 40.9 Å². The molecule has 0 bridgehead atoms. The number of benzene rings is 1. The van der Waals surface area contributed by atoms with Crippen LogP contribution in [-0.2, 0) is 0 Å². The van der Waals surface area contributed by atoms with Gasteiger partial charge < -0.3 is 10.2 Å². The Hall–Kier alpha value is -1.66. The first kappa shape index (κ1) is 17.4. The number of nitro benzene ring substituents is 1. The number of piperazine rings is 1. The summed E-state index contributed by atoms with van der Waals surface area (Å²) in [6, 6.07) is 4.97. The lowest BCUT2D eigenvalue weighted by atomic mass is 10.1. The van der Waals surface area contributed by atoms with Crippen molar-refractivity contribution in [1.82, 2.24) is 10.2 Å². The minimum absolute atomic E-state index is 0. The van der Waals surface area contributed by atoms with Crippen LogP contribution < -0.4 is 5.32 Å². The molecule has 0 radical (unpaired) electrons. The number of nitro groups is 1. The average molecular weight is 314 g/mol. The van der Waals surface area contributed by atoms with Gasteiger partial charge in [-0.15, -0.1) is 12.4 Å². The van der Waals surface area contributed by atoms with Gasteiger partial charge in [-0.05, 0) is 26.8 Å². The van der Waals surface area contributed by atoms with Crippen molar-refractivity contribution in [1.29, 1.82) is 0 Å². The minimum Gasteiger partial charge on any atom is -0.333 e. The number of aryl methyl sites for hydroxylation is 1. The standard InChI is InChI=1S/C14H19N3O3.ClH/c1-9-4-5-12(6-13(9)17(19)20)14(18)16-8-10(2)15-7-11(16)3;/h4-6,10-11,15H,7-8H2,1-3H3;1H. The van der Waals surface area contributed by atoms with Gasteiger partial charge in [0.1, 0.15) is 0 Å². The summed E-state index contributed by atoms with van der Waals surface area (Å²) in [6.45, 7) is 7.01. The topological polar surface area (TPSA) is 75.5 Å². The fourth-order valence-electron chi connectivity index (χ4n) is 2.41. The third-order valence-electron chi connectivity index (χ3n) is 3.68. The first-order chi connectivity index (χ1) is 9.40. The molecule has 2 atom stereocenters. The van der Waals surface area contributed by atoms with Crippen molar-refractivity contribution in [2.75, 3.05) is 13.1 Å². The monoisotopic (exact) mass is 313 g/mol. The fourth-order valence-corrected chi connectivity index (χ4v) is 2.41. The van der Waals surface area contributed by atoms with Crippen LogP contribution >= 0.6 is 12.4 Å². The first-order valence-electron chi connectivity index (χ1n) is 6.69. The molecule has 1 N–H and O–H groups in total. The van der Waals surface area contributed by atoms with Gasteiger partial charge in [0.05, 0.1) is 4.92 Å². The van der Waals surface area contributed by atoms with E-state index < -0.39 is 4.92 Å². The summed E-state index contributed by atoms with van der Waals surface area (Å²) in [6.07, 6.45) is 0. The van der Waals surface area contributed by atoms with E-state index in [1.54, 1.807) is 24.0 Å². The SMILES string of the molecule is Cc1ccc(C(=O)N2CC(C)NCC2C)cc1[N+](=O)[O-].Cl. The zero-order valence-corrected chi connectivity index (χ0v) is 13.1. The molecule has 0 aromatic heterocycles. The Bertz CT molecular complexity index is 550. The Morgan fingerprint density at radius 1 is 1.43 bits per heavy atom. The van der Waals surface area contributed by atoms with E-state index in [-0.39, 0.29) is 36.1 Å². The summed E-state index contributed by atoms with van der Waals surface area (Å²) in [7, 11) is 0. The molecule has 0 spiro atoms. The van der Waals surface area contributed by atoms with Gasteiger partial charge in [0.2, 0.25) is 0 Å². The highest BCUT2D eigenvalue weighted by Gasteiger charge is 2.28. The van der Waals surface area contributed by atoms with E-state index in [1.165, 1.54) is 6.07 Å². The summed E-state index contributed by atoms with van der Waals surface area (Å²) >= 11 is 0. The van der Waals surface area contributed by atoms with Gasteiger partial charge in [-0.3, -0.25) is 14.9 Å². The molecule has 1 aromatic carbocycles. The van der Waals surface area contributed by atoms with Gasteiger partial charge >= 0.3 is 0 Å². The molecule has 116 valence electrons. The zero-order valence-electron chi connectivity index (χ0n) is 12.3. The summed E-state index contributed by atoms with van der Waals surface area (Å²) < 4.78 is 0. The van der Waals surface area contributed by atoms with E-state index >= 15 is 0 Å². The van der Waals surface area contributed by atoms with Crippen LogP contribution in [0, 0.1) is 17.0 Å². The summed E-state index contributed by atoms with van der Waals surface area (Å²) in [4.78, 5) is 24.8. The number of hydrogen-bond acceptors (Lipinski definition) is 4. The molecule has 1 aromatic rings. The predicted octanol–water partition coefficient (Wildman–Crippen LogP) is 2.15. The summed E-state index contributed by atoms with van der Waals surface area (Å²) in [5, 5.41) is 14.3. The molecule has 7 heteroatoms. The molecule has 0 saturated carbocycles. The van der Waals surface area contributed by atoms with Crippen LogP contribution in [0.3, 0.4) is 0 Å². The Morgan fingerprint density at radius 2 is 2.10 bits per heavy atom. The van der Waals surface area contributed by atoms with Gasteiger partial charge in [-0.25, -0.2) is 0 Å². The maximum atomic E-state index is 12.5. The van der Waals surface area contributed by atoms with E-state index in [1.807, 2.05) is 13.8 Å². The lowest BCUT2D eigenvalue weighted by Crippen LogP contribution is -2.56. The number of carbonyl (C=O) groups excluding carboxylic acids is 1. The molecule has 2 rings (SSSR count). The second-order valence-corrected chi connectivity index (χ2v) is 5.37. The summed E-state index contributed by atoms with van der Waals surface area (Å²) in [5.41, 5.74) is 0.934. The number of rotatable bonds is 2. The highest BCUT2D eigenvalue weighted by Crippen LogP contribution is 2.21. The third-order valence-corrected chi connectivity index (χ3v) is 3.68.